The molecule has 0 unspecified atom stereocenters. The molecule has 140 valence electrons. The Bertz CT molecular complexity index is 1130. The maximum absolute atomic E-state index is 13.1. The average molecular weight is 396 g/mol. The second-order valence-electron chi connectivity index (χ2n) is 5.94. The number of hydrogen-bond acceptors (Lipinski definition) is 7. The lowest BCUT2D eigenvalue weighted by atomic mass is 10.2. The second-order valence-corrected chi connectivity index (χ2v) is 6.90. The van der Waals surface area contributed by atoms with Crippen molar-refractivity contribution in [3.05, 3.63) is 81.9 Å². The Balaban J connectivity index is 1.52. The molecule has 0 aliphatic rings. The zero-order valence-electron chi connectivity index (χ0n) is 14.4. The van der Waals surface area contributed by atoms with E-state index in [4.69, 9.17) is 0 Å². The summed E-state index contributed by atoms with van der Waals surface area (Å²) in [4.78, 5) is 18.9. The number of fused-ring (bicyclic) bond motifs is 1. The highest BCUT2D eigenvalue weighted by Gasteiger charge is 2.13. The van der Waals surface area contributed by atoms with Gasteiger partial charge in [0.25, 0.3) is 5.69 Å². The first-order valence-electron chi connectivity index (χ1n) is 8.25. The van der Waals surface area contributed by atoms with Gasteiger partial charge in [0.1, 0.15) is 17.2 Å². The van der Waals surface area contributed by atoms with Crippen LogP contribution < -0.4 is 0 Å². The lowest BCUT2D eigenvalue weighted by Crippen LogP contribution is -2.03. The number of nitrogens with zero attached hydrogens (tertiary/aromatic N) is 6. The number of rotatable bonds is 6. The van der Waals surface area contributed by atoms with Crippen molar-refractivity contribution in [1.82, 2.24) is 25.0 Å². The number of thioether (sulfide) groups is 1. The maximum atomic E-state index is 13.1. The minimum absolute atomic E-state index is 0.0573. The molecule has 0 N–H and O–H groups in total. The first-order chi connectivity index (χ1) is 13.6. The molecule has 0 atom stereocenters. The molecule has 2 aromatic carbocycles. The smallest absolute Gasteiger partial charge is 0.258 e. The van der Waals surface area contributed by atoms with Crippen LogP contribution >= 0.6 is 11.8 Å². The Morgan fingerprint density at radius 2 is 1.75 bits per heavy atom. The lowest BCUT2D eigenvalue weighted by Gasteiger charge is -2.03. The van der Waals surface area contributed by atoms with Gasteiger partial charge < -0.3 is 0 Å². The van der Waals surface area contributed by atoms with Crippen molar-refractivity contribution < 1.29 is 9.31 Å². The SMILES string of the molecule is O=[N+]([O-])c1ccc(CSc2ncnc3c2nnn3Cc2ccc(F)cc2)cc1. The van der Waals surface area contributed by atoms with Crippen LogP contribution in [0, 0.1) is 15.9 Å². The first kappa shape index (κ1) is 18.0. The molecule has 0 bridgehead atoms. The van der Waals surface area contributed by atoms with E-state index in [1.807, 2.05) is 0 Å². The summed E-state index contributed by atoms with van der Waals surface area (Å²) in [6, 6.07) is 12.6. The van der Waals surface area contributed by atoms with Gasteiger partial charge in [-0.1, -0.05) is 41.2 Å². The summed E-state index contributed by atoms with van der Waals surface area (Å²) in [7, 11) is 0. The van der Waals surface area contributed by atoms with Gasteiger partial charge in [-0.3, -0.25) is 10.1 Å². The van der Waals surface area contributed by atoms with Crippen molar-refractivity contribution in [3.8, 4) is 0 Å². The molecule has 2 heterocycles. The largest absolute Gasteiger partial charge is 0.269 e. The lowest BCUT2D eigenvalue weighted by molar-refractivity contribution is -0.384. The molecule has 4 aromatic rings. The van der Waals surface area contributed by atoms with E-state index in [9.17, 15) is 14.5 Å². The third-order valence-electron chi connectivity index (χ3n) is 4.03. The molecule has 0 amide bonds. The van der Waals surface area contributed by atoms with Crippen molar-refractivity contribution >= 4 is 28.6 Å². The summed E-state index contributed by atoms with van der Waals surface area (Å²) >= 11 is 1.45. The Morgan fingerprint density at radius 1 is 1.04 bits per heavy atom. The molecule has 4 rings (SSSR count). The predicted octanol–water partition coefficient (Wildman–Crippen LogP) is 3.61. The van der Waals surface area contributed by atoms with Crippen molar-refractivity contribution in [1.29, 1.82) is 0 Å². The fourth-order valence-corrected chi connectivity index (χ4v) is 3.50. The molecule has 0 radical (unpaired) electrons. The molecule has 28 heavy (non-hydrogen) atoms. The van der Waals surface area contributed by atoms with E-state index < -0.39 is 4.92 Å². The molecule has 10 heteroatoms. The third-order valence-corrected chi connectivity index (χ3v) is 5.08. The van der Waals surface area contributed by atoms with E-state index in [0.29, 0.717) is 28.5 Å². The summed E-state index contributed by atoms with van der Waals surface area (Å²) < 4.78 is 14.7. The highest BCUT2D eigenvalue weighted by Crippen LogP contribution is 2.26. The molecule has 2 aromatic heterocycles. The number of benzene rings is 2. The minimum Gasteiger partial charge on any atom is -0.258 e. The molecule has 0 aliphatic carbocycles. The number of nitro benzene ring substituents is 1. The number of aromatic nitrogens is 5. The highest BCUT2D eigenvalue weighted by molar-refractivity contribution is 7.98. The van der Waals surface area contributed by atoms with Crippen LogP contribution in [0.4, 0.5) is 10.1 Å². The van der Waals surface area contributed by atoms with Gasteiger partial charge in [0.2, 0.25) is 0 Å². The Hall–Kier alpha value is -3.40. The number of non-ortho nitro benzene ring substituents is 1. The fraction of sp³-hybridized carbons (Fsp3) is 0.111. The van der Waals surface area contributed by atoms with E-state index in [-0.39, 0.29) is 11.5 Å². The van der Waals surface area contributed by atoms with Crippen LogP contribution in [-0.4, -0.2) is 29.9 Å². The predicted molar refractivity (Wildman–Crippen MR) is 101 cm³/mol. The number of halogens is 1. The van der Waals surface area contributed by atoms with Crippen LogP contribution in [-0.2, 0) is 12.3 Å². The van der Waals surface area contributed by atoms with Crippen LogP contribution in [0.15, 0.2) is 59.9 Å². The van der Waals surface area contributed by atoms with Gasteiger partial charge in [0.05, 0.1) is 11.5 Å². The van der Waals surface area contributed by atoms with E-state index in [1.165, 1.54) is 42.4 Å². The van der Waals surface area contributed by atoms with Gasteiger partial charge in [0.15, 0.2) is 11.2 Å². The van der Waals surface area contributed by atoms with E-state index in [0.717, 1.165) is 11.1 Å². The average Bonchev–Trinajstić information content (AvgIpc) is 3.12. The zero-order valence-corrected chi connectivity index (χ0v) is 15.2. The van der Waals surface area contributed by atoms with Gasteiger partial charge in [-0.15, -0.1) is 5.10 Å². The molecule has 8 nitrogen and oxygen atoms in total. The Kier molecular flexibility index (Phi) is 4.94. The summed E-state index contributed by atoms with van der Waals surface area (Å²) in [5.74, 6) is 0.286. The summed E-state index contributed by atoms with van der Waals surface area (Å²) in [5, 5.41) is 19.7. The Morgan fingerprint density at radius 3 is 2.46 bits per heavy atom. The van der Waals surface area contributed by atoms with Gasteiger partial charge >= 0.3 is 0 Å². The first-order valence-corrected chi connectivity index (χ1v) is 9.23. The third kappa shape index (κ3) is 3.81. The van der Waals surface area contributed by atoms with Crippen molar-refractivity contribution in [2.45, 2.75) is 17.3 Å². The van der Waals surface area contributed by atoms with Crippen LogP contribution in [0.5, 0.6) is 0 Å². The highest BCUT2D eigenvalue weighted by atomic mass is 32.2. The topological polar surface area (TPSA) is 99.6 Å². The monoisotopic (exact) mass is 396 g/mol. The number of nitro groups is 1. The van der Waals surface area contributed by atoms with E-state index >= 15 is 0 Å². The van der Waals surface area contributed by atoms with E-state index in [2.05, 4.69) is 20.3 Å². The van der Waals surface area contributed by atoms with Crippen LogP contribution in [0.1, 0.15) is 11.1 Å². The summed E-state index contributed by atoms with van der Waals surface area (Å²) in [6.07, 6.45) is 1.45. The summed E-state index contributed by atoms with van der Waals surface area (Å²) in [5.41, 5.74) is 3.04. The quantitative estimate of drug-likeness (QED) is 0.212. The molecule has 0 spiro atoms. The van der Waals surface area contributed by atoms with Crippen molar-refractivity contribution in [2.75, 3.05) is 0 Å². The maximum Gasteiger partial charge on any atom is 0.269 e. The molecular formula is C18H13FN6O2S. The summed E-state index contributed by atoms with van der Waals surface area (Å²) in [6.45, 7) is 0.417. The van der Waals surface area contributed by atoms with Crippen molar-refractivity contribution in [2.24, 2.45) is 0 Å². The van der Waals surface area contributed by atoms with Gasteiger partial charge in [-0.25, -0.2) is 19.0 Å². The van der Waals surface area contributed by atoms with Crippen LogP contribution in [0.2, 0.25) is 0 Å². The fourth-order valence-electron chi connectivity index (χ4n) is 2.61. The number of hydrogen-bond donors (Lipinski definition) is 0. The van der Waals surface area contributed by atoms with Crippen molar-refractivity contribution in [3.63, 3.8) is 0 Å². The molecule has 0 saturated carbocycles. The van der Waals surface area contributed by atoms with Gasteiger partial charge in [0, 0.05) is 17.9 Å². The van der Waals surface area contributed by atoms with Gasteiger partial charge in [-0.2, -0.15) is 0 Å². The van der Waals surface area contributed by atoms with E-state index in [1.54, 1.807) is 28.9 Å². The standard InChI is InChI=1S/C18H13FN6O2S/c19-14-5-1-12(2-6-14)9-24-17-16(22-23-24)18(21-11-20-17)28-10-13-3-7-15(8-4-13)25(26)27/h1-8,11H,9-10H2. The van der Waals surface area contributed by atoms with Crippen LogP contribution in [0.3, 0.4) is 0 Å². The Labute approximate surface area is 162 Å². The zero-order chi connectivity index (χ0) is 19.5. The molecular weight excluding hydrogens is 383 g/mol. The normalized spacial score (nSPS) is 11.0. The molecule has 0 fully saturated rings. The van der Waals surface area contributed by atoms with Crippen LogP contribution in [0.25, 0.3) is 11.2 Å². The molecule has 0 saturated heterocycles. The minimum atomic E-state index is -0.426. The van der Waals surface area contributed by atoms with Gasteiger partial charge in [-0.05, 0) is 23.3 Å². The molecule has 0 aliphatic heterocycles. The second kappa shape index (κ2) is 7.69.